The van der Waals surface area contributed by atoms with Crippen LogP contribution in [0.5, 0.6) is 0 Å². The highest BCUT2D eigenvalue weighted by atomic mass is 19.4. The fourth-order valence-corrected chi connectivity index (χ4v) is 1.51. The summed E-state index contributed by atoms with van der Waals surface area (Å²) < 4.78 is 50.9. The van der Waals surface area contributed by atoms with Gasteiger partial charge in [0.1, 0.15) is 5.82 Å². The lowest BCUT2D eigenvalue weighted by atomic mass is 10.1. The van der Waals surface area contributed by atoms with Crippen molar-refractivity contribution in [3.8, 4) is 0 Å². The average Bonchev–Trinajstić information content (AvgIpc) is 2.41. The van der Waals surface area contributed by atoms with Gasteiger partial charge in [-0.25, -0.2) is 4.39 Å². The molecule has 0 atom stereocenters. The predicted octanol–water partition coefficient (Wildman–Crippen LogP) is 4.29. The van der Waals surface area contributed by atoms with E-state index in [2.05, 4.69) is 10.5 Å². The quantitative estimate of drug-likeness (QED) is 0.507. The summed E-state index contributed by atoms with van der Waals surface area (Å²) in [5.74, 6) is -0.767. The van der Waals surface area contributed by atoms with Crippen LogP contribution >= 0.6 is 0 Å². The van der Waals surface area contributed by atoms with Crippen LogP contribution in [0, 0.1) is 5.82 Å². The van der Waals surface area contributed by atoms with Crippen molar-refractivity contribution in [3.63, 3.8) is 0 Å². The Morgan fingerprint density at radius 1 is 1.00 bits per heavy atom. The van der Waals surface area contributed by atoms with Gasteiger partial charge in [-0.15, -0.1) is 0 Å². The second kappa shape index (κ2) is 5.73. The number of halogens is 4. The Bertz CT molecular complexity index is 606. The maximum atomic E-state index is 13.4. The molecule has 2 nitrogen and oxygen atoms in total. The van der Waals surface area contributed by atoms with Crippen molar-refractivity contribution in [2.24, 2.45) is 5.10 Å². The summed E-state index contributed by atoms with van der Waals surface area (Å²) in [5.41, 5.74) is 2.10. The van der Waals surface area contributed by atoms with Crippen molar-refractivity contribution in [1.29, 1.82) is 0 Å². The third-order valence-corrected chi connectivity index (χ3v) is 2.49. The van der Waals surface area contributed by atoms with Gasteiger partial charge in [0.15, 0.2) is 0 Å². The molecule has 0 aliphatic heterocycles. The SMILES string of the molecule is Fc1ccc(C(F)(F)F)cc1C=NNc1ccccc1. The third-order valence-electron chi connectivity index (χ3n) is 2.49. The first-order chi connectivity index (χ1) is 9.47. The summed E-state index contributed by atoms with van der Waals surface area (Å²) in [4.78, 5) is 0. The molecule has 0 unspecified atom stereocenters. The van der Waals surface area contributed by atoms with Crippen LogP contribution in [-0.4, -0.2) is 6.21 Å². The summed E-state index contributed by atoms with van der Waals surface area (Å²) >= 11 is 0. The van der Waals surface area contributed by atoms with Gasteiger partial charge in [0.25, 0.3) is 0 Å². The maximum absolute atomic E-state index is 13.4. The van der Waals surface area contributed by atoms with E-state index in [0.717, 1.165) is 12.3 Å². The van der Waals surface area contributed by atoms with Crippen LogP contribution < -0.4 is 5.43 Å². The van der Waals surface area contributed by atoms with Gasteiger partial charge in [0, 0.05) is 5.56 Å². The molecule has 0 heterocycles. The summed E-state index contributed by atoms with van der Waals surface area (Å²) in [6.07, 6.45) is -3.50. The Hall–Kier alpha value is -2.37. The Morgan fingerprint density at radius 3 is 2.35 bits per heavy atom. The minimum Gasteiger partial charge on any atom is -0.279 e. The van der Waals surface area contributed by atoms with Crippen LogP contribution in [0.2, 0.25) is 0 Å². The molecule has 20 heavy (non-hydrogen) atoms. The lowest BCUT2D eigenvalue weighted by molar-refractivity contribution is -0.137. The number of alkyl halides is 3. The van der Waals surface area contributed by atoms with Gasteiger partial charge in [0.05, 0.1) is 17.5 Å². The molecule has 0 aromatic heterocycles. The molecule has 2 aromatic carbocycles. The first-order valence-electron chi connectivity index (χ1n) is 5.68. The average molecular weight is 282 g/mol. The maximum Gasteiger partial charge on any atom is 0.416 e. The minimum absolute atomic E-state index is 0.233. The van der Waals surface area contributed by atoms with Crippen molar-refractivity contribution in [2.45, 2.75) is 6.18 Å². The Labute approximate surface area is 112 Å². The highest BCUT2D eigenvalue weighted by molar-refractivity contribution is 5.81. The number of benzene rings is 2. The monoisotopic (exact) mass is 282 g/mol. The number of nitrogens with one attached hydrogen (secondary N) is 1. The standard InChI is InChI=1S/C14H10F4N2/c15-13-7-6-11(14(16,17)18)8-10(13)9-19-20-12-4-2-1-3-5-12/h1-9,20H. The molecule has 0 radical (unpaired) electrons. The molecule has 0 spiro atoms. The molecule has 2 aromatic rings. The zero-order chi connectivity index (χ0) is 14.6. The summed E-state index contributed by atoms with van der Waals surface area (Å²) in [6, 6.07) is 11.0. The predicted molar refractivity (Wildman–Crippen MR) is 69.1 cm³/mol. The zero-order valence-corrected chi connectivity index (χ0v) is 10.2. The lowest BCUT2D eigenvalue weighted by Gasteiger charge is -2.07. The van der Waals surface area contributed by atoms with Gasteiger partial charge < -0.3 is 0 Å². The molecule has 1 N–H and O–H groups in total. The summed E-state index contributed by atoms with van der Waals surface area (Å²) in [6.45, 7) is 0. The van der Waals surface area contributed by atoms with Gasteiger partial charge in [-0.05, 0) is 30.3 Å². The molecule has 0 amide bonds. The Balaban J connectivity index is 2.16. The first-order valence-corrected chi connectivity index (χ1v) is 5.68. The van der Waals surface area contributed by atoms with Crippen molar-refractivity contribution < 1.29 is 17.6 Å². The van der Waals surface area contributed by atoms with Crippen LogP contribution in [0.3, 0.4) is 0 Å². The van der Waals surface area contributed by atoms with Gasteiger partial charge in [0.2, 0.25) is 0 Å². The van der Waals surface area contributed by atoms with E-state index in [1.807, 2.05) is 0 Å². The van der Waals surface area contributed by atoms with Crippen molar-refractivity contribution in [3.05, 3.63) is 65.5 Å². The van der Waals surface area contributed by atoms with E-state index in [1.54, 1.807) is 30.3 Å². The molecule has 0 saturated carbocycles. The molecule has 0 fully saturated rings. The number of hydrazone groups is 1. The number of nitrogens with zero attached hydrogens (tertiary/aromatic N) is 1. The fraction of sp³-hybridized carbons (Fsp3) is 0.0714. The van der Waals surface area contributed by atoms with E-state index < -0.39 is 17.6 Å². The number of anilines is 1. The van der Waals surface area contributed by atoms with E-state index in [-0.39, 0.29) is 5.56 Å². The van der Waals surface area contributed by atoms with E-state index >= 15 is 0 Å². The van der Waals surface area contributed by atoms with Crippen LogP contribution in [0.25, 0.3) is 0 Å². The largest absolute Gasteiger partial charge is 0.416 e. The molecule has 104 valence electrons. The van der Waals surface area contributed by atoms with E-state index in [9.17, 15) is 17.6 Å². The molecular weight excluding hydrogens is 272 g/mol. The summed E-state index contributed by atoms with van der Waals surface area (Å²) in [5, 5.41) is 3.71. The Morgan fingerprint density at radius 2 is 1.70 bits per heavy atom. The molecule has 2 rings (SSSR count). The number of rotatable bonds is 3. The molecule has 6 heteroatoms. The van der Waals surface area contributed by atoms with Crippen LogP contribution in [0.15, 0.2) is 53.6 Å². The molecule has 0 saturated heterocycles. The fourth-order valence-electron chi connectivity index (χ4n) is 1.51. The molecule has 0 aliphatic carbocycles. The first kappa shape index (κ1) is 14.0. The van der Waals surface area contributed by atoms with Crippen LogP contribution in [-0.2, 0) is 6.18 Å². The van der Waals surface area contributed by atoms with Crippen molar-refractivity contribution in [1.82, 2.24) is 0 Å². The normalized spacial score (nSPS) is 11.8. The van der Waals surface area contributed by atoms with Gasteiger partial charge in [-0.1, -0.05) is 18.2 Å². The topological polar surface area (TPSA) is 24.4 Å². The second-order valence-corrected chi connectivity index (χ2v) is 3.97. The van der Waals surface area contributed by atoms with E-state index in [1.165, 1.54) is 0 Å². The highest BCUT2D eigenvalue weighted by Gasteiger charge is 2.30. The van der Waals surface area contributed by atoms with Crippen LogP contribution in [0.1, 0.15) is 11.1 Å². The lowest BCUT2D eigenvalue weighted by Crippen LogP contribution is -2.06. The van der Waals surface area contributed by atoms with Crippen molar-refractivity contribution >= 4 is 11.9 Å². The number of hydrogen-bond donors (Lipinski definition) is 1. The molecule has 0 aliphatic rings. The highest BCUT2D eigenvalue weighted by Crippen LogP contribution is 2.29. The van der Waals surface area contributed by atoms with E-state index in [4.69, 9.17) is 0 Å². The van der Waals surface area contributed by atoms with Crippen molar-refractivity contribution in [2.75, 3.05) is 5.43 Å². The number of para-hydroxylation sites is 1. The minimum atomic E-state index is -4.51. The van der Waals surface area contributed by atoms with Gasteiger partial charge in [-0.2, -0.15) is 18.3 Å². The smallest absolute Gasteiger partial charge is 0.279 e. The third kappa shape index (κ3) is 3.57. The second-order valence-electron chi connectivity index (χ2n) is 3.97. The number of hydrogen-bond acceptors (Lipinski definition) is 2. The molecule has 0 bridgehead atoms. The zero-order valence-electron chi connectivity index (χ0n) is 10.2. The summed E-state index contributed by atoms with van der Waals surface area (Å²) in [7, 11) is 0. The molecular formula is C14H10F4N2. The van der Waals surface area contributed by atoms with Gasteiger partial charge in [-0.3, -0.25) is 5.43 Å². The van der Waals surface area contributed by atoms with E-state index in [0.29, 0.717) is 17.8 Å². The van der Waals surface area contributed by atoms with Gasteiger partial charge >= 0.3 is 6.18 Å². The Kier molecular flexibility index (Phi) is 4.02. The van der Waals surface area contributed by atoms with Crippen LogP contribution in [0.4, 0.5) is 23.2 Å².